The monoisotopic (exact) mass is 273 g/mol. The van der Waals surface area contributed by atoms with Crippen LogP contribution < -0.4 is 9.47 Å². The second-order valence-corrected chi connectivity index (χ2v) is 5.93. The molecule has 2 bridgehead atoms. The number of fused-ring (bicyclic) bond motifs is 2. The maximum atomic E-state index is 5.63. The van der Waals surface area contributed by atoms with Crippen LogP contribution in [0, 0.1) is 0 Å². The summed E-state index contributed by atoms with van der Waals surface area (Å²) in [6, 6.07) is 6.71. The Morgan fingerprint density at radius 2 is 1.90 bits per heavy atom. The minimum atomic E-state index is 0.0629. The molecule has 0 aromatic heterocycles. The number of hydrogen-bond donors (Lipinski definition) is 0. The van der Waals surface area contributed by atoms with E-state index in [9.17, 15) is 0 Å². The summed E-state index contributed by atoms with van der Waals surface area (Å²) < 4.78 is 11.3. The fourth-order valence-electron chi connectivity index (χ4n) is 3.81. The van der Waals surface area contributed by atoms with Crippen molar-refractivity contribution in [3.05, 3.63) is 36.0 Å². The number of rotatable bonds is 3. The molecule has 108 valence electrons. The van der Waals surface area contributed by atoms with Crippen molar-refractivity contribution in [1.82, 2.24) is 4.90 Å². The second-order valence-electron chi connectivity index (χ2n) is 5.93. The molecule has 0 N–H and O–H groups in total. The minimum Gasteiger partial charge on any atom is -0.496 e. The van der Waals surface area contributed by atoms with Gasteiger partial charge in [-0.3, -0.25) is 0 Å². The summed E-state index contributed by atoms with van der Waals surface area (Å²) in [6.45, 7) is 0. The summed E-state index contributed by atoms with van der Waals surface area (Å²) in [7, 11) is 5.66. The molecule has 1 saturated carbocycles. The first-order chi connectivity index (χ1) is 9.70. The number of benzene rings is 1. The molecule has 3 rings (SSSR count). The molecular formula is C17H23NO2. The number of methoxy groups -OCH3 is 2. The minimum absolute atomic E-state index is 0.0629. The molecule has 1 fully saturated rings. The van der Waals surface area contributed by atoms with Crippen LogP contribution in [0.5, 0.6) is 11.5 Å². The molecule has 1 aromatic carbocycles. The molecular weight excluding hydrogens is 250 g/mol. The Bertz CT molecular complexity index is 503. The van der Waals surface area contributed by atoms with Gasteiger partial charge in [0.25, 0.3) is 0 Å². The molecule has 1 aliphatic heterocycles. The standard InChI is InChI=1S/C17H23NO2/c1-18-11-10-17(9-5-6-13(18)12-17)16-14(19-2)7-4-8-15(16)20-3/h4,7-8,10-11,13H,5-6,9,12H2,1-3H3. The van der Waals surface area contributed by atoms with Gasteiger partial charge in [-0.05, 0) is 37.6 Å². The third kappa shape index (κ3) is 1.96. The predicted octanol–water partition coefficient (Wildman–Crippen LogP) is 3.34. The molecule has 3 heteroatoms. The average molecular weight is 273 g/mol. The van der Waals surface area contributed by atoms with Crippen LogP contribution >= 0.6 is 0 Å². The van der Waals surface area contributed by atoms with E-state index in [1.807, 2.05) is 18.2 Å². The number of hydrogen-bond acceptors (Lipinski definition) is 3. The molecule has 2 aliphatic rings. The SMILES string of the molecule is COc1cccc(OC)c1C12C=CN(C)C(CCC1)C2. The Morgan fingerprint density at radius 1 is 1.20 bits per heavy atom. The lowest BCUT2D eigenvalue weighted by atomic mass is 9.65. The molecule has 2 atom stereocenters. The first kappa shape index (κ1) is 13.3. The van der Waals surface area contributed by atoms with E-state index in [1.165, 1.54) is 24.8 Å². The van der Waals surface area contributed by atoms with E-state index in [0.717, 1.165) is 17.9 Å². The maximum absolute atomic E-state index is 5.63. The van der Waals surface area contributed by atoms with E-state index in [2.05, 4.69) is 24.2 Å². The van der Waals surface area contributed by atoms with Gasteiger partial charge >= 0.3 is 0 Å². The van der Waals surface area contributed by atoms with Gasteiger partial charge in [0.2, 0.25) is 0 Å². The van der Waals surface area contributed by atoms with Crippen LogP contribution in [0.4, 0.5) is 0 Å². The van der Waals surface area contributed by atoms with Gasteiger partial charge in [-0.15, -0.1) is 0 Å². The van der Waals surface area contributed by atoms with E-state index < -0.39 is 0 Å². The Balaban J connectivity index is 2.14. The lowest BCUT2D eigenvalue weighted by Crippen LogP contribution is -2.44. The van der Waals surface area contributed by atoms with Crippen molar-refractivity contribution in [1.29, 1.82) is 0 Å². The third-order valence-corrected chi connectivity index (χ3v) is 4.89. The van der Waals surface area contributed by atoms with Gasteiger partial charge in [0.15, 0.2) is 0 Å². The molecule has 20 heavy (non-hydrogen) atoms. The van der Waals surface area contributed by atoms with Crippen LogP contribution in [0.2, 0.25) is 0 Å². The van der Waals surface area contributed by atoms with Crippen molar-refractivity contribution in [2.45, 2.75) is 37.1 Å². The maximum Gasteiger partial charge on any atom is 0.126 e. The van der Waals surface area contributed by atoms with Crippen molar-refractivity contribution in [2.75, 3.05) is 21.3 Å². The van der Waals surface area contributed by atoms with E-state index in [4.69, 9.17) is 9.47 Å². The lowest BCUT2D eigenvalue weighted by Gasteiger charge is -2.46. The average Bonchev–Trinajstić information content (AvgIpc) is 2.51. The Morgan fingerprint density at radius 3 is 2.55 bits per heavy atom. The van der Waals surface area contributed by atoms with Gasteiger partial charge in [0, 0.05) is 24.1 Å². The number of nitrogens with zero attached hydrogens (tertiary/aromatic N) is 1. The molecule has 2 unspecified atom stereocenters. The summed E-state index contributed by atoms with van der Waals surface area (Å²) in [4.78, 5) is 2.35. The topological polar surface area (TPSA) is 21.7 Å². The van der Waals surface area contributed by atoms with Crippen molar-refractivity contribution >= 4 is 0 Å². The number of allylic oxidation sites excluding steroid dienone is 1. The fraction of sp³-hybridized carbons (Fsp3) is 0.529. The van der Waals surface area contributed by atoms with Gasteiger partial charge in [-0.2, -0.15) is 0 Å². The van der Waals surface area contributed by atoms with Crippen molar-refractivity contribution in [3.63, 3.8) is 0 Å². The molecule has 1 heterocycles. The zero-order valence-electron chi connectivity index (χ0n) is 12.6. The van der Waals surface area contributed by atoms with Crippen LogP contribution in [-0.4, -0.2) is 32.2 Å². The first-order valence-corrected chi connectivity index (χ1v) is 7.33. The van der Waals surface area contributed by atoms with Crippen molar-refractivity contribution in [3.8, 4) is 11.5 Å². The lowest BCUT2D eigenvalue weighted by molar-refractivity contribution is 0.174. The van der Waals surface area contributed by atoms with Crippen molar-refractivity contribution < 1.29 is 9.47 Å². The molecule has 3 nitrogen and oxygen atoms in total. The van der Waals surface area contributed by atoms with Crippen LogP contribution in [-0.2, 0) is 5.41 Å². The van der Waals surface area contributed by atoms with E-state index in [0.29, 0.717) is 6.04 Å². The summed E-state index contributed by atoms with van der Waals surface area (Å²) >= 11 is 0. The quantitative estimate of drug-likeness (QED) is 0.843. The zero-order chi connectivity index (χ0) is 14.2. The Labute approximate surface area is 121 Å². The fourth-order valence-corrected chi connectivity index (χ4v) is 3.81. The zero-order valence-corrected chi connectivity index (χ0v) is 12.6. The predicted molar refractivity (Wildman–Crippen MR) is 80.4 cm³/mol. The molecule has 0 amide bonds. The smallest absolute Gasteiger partial charge is 0.126 e. The second kappa shape index (κ2) is 5.04. The molecule has 0 radical (unpaired) electrons. The van der Waals surface area contributed by atoms with Gasteiger partial charge in [0.1, 0.15) is 11.5 Å². The summed E-state index contributed by atoms with van der Waals surface area (Å²) in [6.07, 6.45) is 9.43. The highest BCUT2D eigenvalue weighted by Crippen LogP contribution is 2.50. The highest BCUT2D eigenvalue weighted by atomic mass is 16.5. The Hall–Kier alpha value is -1.64. The van der Waals surface area contributed by atoms with Gasteiger partial charge in [-0.1, -0.05) is 18.6 Å². The Kier molecular flexibility index (Phi) is 3.36. The van der Waals surface area contributed by atoms with Crippen LogP contribution in [0.15, 0.2) is 30.5 Å². The van der Waals surface area contributed by atoms with E-state index in [-0.39, 0.29) is 5.41 Å². The van der Waals surface area contributed by atoms with Crippen molar-refractivity contribution in [2.24, 2.45) is 0 Å². The number of ether oxygens (including phenoxy) is 2. The van der Waals surface area contributed by atoms with E-state index in [1.54, 1.807) is 14.2 Å². The summed E-state index contributed by atoms with van der Waals surface area (Å²) in [5, 5.41) is 0. The third-order valence-electron chi connectivity index (χ3n) is 4.89. The van der Waals surface area contributed by atoms with Crippen LogP contribution in [0.25, 0.3) is 0 Å². The van der Waals surface area contributed by atoms with Gasteiger partial charge in [0.05, 0.1) is 14.2 Å². The van der Waals surface area contributed by atoms with Gasteiger partial charge in [-0.25, -0.2) is 0 Å². The summed E-state index contributed by atoms with van der Waals surface area (Å²) in [5.74, 6) is 1.89. The summed E-state index contributed by atoms with van der Waals surface area (Å²) in [5.41, 5.74) is 1.28. The van der Waals surface area contributed by atoms with Crippen LogP contribution in [0.1, 0.15) is 31.2 Å². The molecule has 0 spiro atoms. The first-order valence-electron chi connectivity index (χ1n) is 7.33. The molecule has 1 aliphatic carbocycles. The molecule has 0 saturated heterocycles. The largest absolute Gasteiger partial charge is 0.496 e. The highest BCUT2D eigenvalue weighted by Gasteiger charge is 2.42. The van der Waals surface area contributed by atoms with Crippen LogP contribution in [0.3, 0.4) is 0 Å². The normalized spacial score (nSPS) is 28.4. The molecule has 1 aromatic rings. The van der Waals surface area contributed by atoms with Gasteiger partial charge < -0.3 is 14.4 Å². The highest BCUT2D eigenvalue weighted by molar-refractivity contribution is 5.53. The van der Waals surface area contributed by atoms with E-state index >= 15 is 0 Å².